The summed E-state index contributed by atoms with van der Waals surface area (Å²) in [6.07, 6.45) is 0. The van der Waals surface area contributed by atoms with Crippen molar-refractivity contribution in [2.75, 3.05) is 0 Å². The first-order valence-electron chi connectivity index (χ1n) is 18.6. The molecule has 0 spiro atoms. The lowest BCUT2D eigenvalue weighted by Gasteiger charge is -2.16. The van der Waals surface area contributed by atoms with Gasteiger partial charge in [0.1, 0.15) is 22.8 Å². The van der Waals surface area contributed by atoms with E-state index in [-0.39, 0.29) is 0 Å². The number of hydrogen-bond donors (Lipinski definition) is 0. The van der Waals surface area contributed by atoms with Crippen LogP contribution in [-0.2, 0) is 0 Å². The monoisotopic (exact) mass is 713 g/mol. The van der Waals surface area contributed by atoms with Gasteiger partial charge in [-0.25, -0.2) is 0 Å². The zero-order chi connectivity index (χ0) is 37.1. The molecule has 56 heavy (non-hydrogen) atoms. The average Bonchev–Trinajstić information content (AvgIpc) is 3.99. The Morgan fingerprint density at radius 1 is 0.393 bits per heavy atom. The van der Waals surface area contributed by atoms with Gasteiger partial charge in [0.25, 0.3) is 0 Å². The van der Waals surface area contributed by atoms with Crippen molar-refractivity contribution in [2.45, 2.75) is 0 Å². The highest BCUT2D eigenvalue weighted by atomic mass is 16.3. The lowest BCUT2D eigenvalue weighted by Crippen LogP contribution is -2.05. The molecule has 0 unspecified atom stereocenters. The topological polar surface area (TPSA) is 75.5 Å². The quantitative estimate of drug-likeness (QED) is 0.183. The molecule has 0 aliphatic carbocycles. The minimum atomic E-state index is 0.456. The Kier molecular flexibility index (Phi) is 6.10. The highest BCUT2D eigenvalue weighted by molar-refractivity contribution is 6.24. The van der Waals surface area contributed by atoms with E-state index < -0.39 is 0 Å². The third-order valence-electron chi connectivity index (χ3n) is 11.5. The smallest absolute Gasteiger partial charge is 0.145 e. The number of benzene rings is 8. The van der Waals surface area contributed by atoms with Gasteiger partial charge in [0.2, 0.25) is 0 Å². The van der Waals surface area contributed by atoms with Crippen molar-refractivity contribution in [3.05, 3.63) is 175 Å². The minimum Gasteiger partial charge on any atom is -0.455 e. The average molecular weight is 714 g/mol. The van der Waals surface area contributed by atoms with Crippen molar-refractivity contribution in [3.8, 4) is 29.2 Å². The fourth-order valence-electron chi connectivity index (χ4n) is 9.20. The molecular formula is C50H27N5O. The van der Waals surface area contributed by atoms with Crippen LogP contribution in [0.4, 0.5) is 0 Å². The second kappa shape index (κ2) is 11.2. The minimum absolute atomic E-state index is 0.456. The van der Waals surface area contributed by atoms with E-state index in [1.807, 2.05) is 48.5 Å². The van der Waals surface area contributed by atoms with Crippen molar-refractivity contribution in [2.24, 2.45) is 0 Å². The SMILES string of the molecule is N#Cc1cc(-n2c3ccccc3c3cc(-n4c5ccccc5c5ccccc54)ccc32)c(C#N)c(-n2c3ccccc3c3c4oc5ccccc5c4ccc32)c1. The highest BCUT2D eigenvalue weighted by Gasteiger charge is 2.24. The van der Waals surface area contributed by atoms with Crippen LogP contribution in [0.5, 0.6) is 0 Å². The van der Waals surface area contributed by atoms with Crippen LogP contribution in [0.15, 0.2) is 168 Å². The normalized spacial score (nSPS) is 11.9. The van der Waals surface area contributed by atoms with E-state index in [1.54, 1.807) is 0 Å². The molecule has 6 heteroatoms. The van der Waals surface area contributed by atoms with Crippen LogP contribution >= 0.6 is 0 Å². The summed E-state index contributed by atoms with van der Waals surface area (Å²) in [5.74, 6) is 0. The summed E-state index contributed by atoms with van der Waals surface area (Å²) >= 11 is 0. The molecule has 0 bridgehead atoms. The number of hydrogen-bond acceptors (Lipinski definition) is 3. The summed E-state index contributed by atoms with van der Waals surface area (Å²) in [5, 5.41) is 30.4. The maximum atomic E-state index is 11.2. The molecule has 12 aromatic rings. The molecule has 0 saturated heterocycles. The van der Waals surface area contributed by atoms with Crippen molar-refractivity contribution >= 4 is 87.4 Å². The standard InChI is InChI=1S/C50H27N5O/c51-28-30-25-46(39(29-52)47(26-30)55-43-19-9-4-15-37(43)49-45(55)24-22-36-35-14-5-10-20-48(35)56-50(36)49)54-42-18-8-3-13-34(42)38-27-31(21-23-44(38)54)53-40-16-6-1-11-32(40)33-12-2-7-17-41(33)53/h1-27H. The molecule has 258 valence electrons. The zero-order valence-corrected chi connectivity index (χ0v) is 29.7. The molecule has 8 aromatic carbocycles. The number of nitrogens with zero attached hydrogens (tertiary/aromatic N) is 5. The van der Waals surface area contributed by atoms with Crippen LogP contribution in [0.2, 0.25) is 0 Å². The van der Waals surface area contributed by atoms with Gasteiger partial charge in [-0.1, -0.05) is 91.0 Å². The predicted molar refractivity (Wildman–Crippen MR) is 226 cm³/mol. The Labute approximate surface area is 319 Å². The summed E-state index contributed by atoms with van der Waals surface area (Å²) in [5.41, 5.74) is 10.9. The van der Waals surface area contributed by atoms with E-state index in [0.717, 1.165) is 82.3 Å². The van der Waals surface area contributed by atoms with Gasteiger partial charge in [-0.05, 0) is 72.8 Å². The molecule has 12 rings (SSSR count). The Morgan fingerprint density at radius 3 is 1.54 bits per heavy atom. The van der Waals surface area contributed by atoms with Gasteiger partial charge in [-0.15, -0.1) is 0 Å². The highest BCUT2D eigenvalue weighted by Crippen LogP contribution is 2.43. The lowest BCUT2D eigenvalue weighted by molar-refractivity contribution is 0.673. The lowest BCUT2D eigenvalue weighted by atomic mass is 10.1. The number of nitriles is 2. The molecule has 4 heterocycles. The molecule has 0 atom stereocenters. The molecular weight excluding hydrogens is 687 g/mol. The predicted octanol–water partition coefficient (Wildman–Crippen LogP) is 12.6. The van der Waals surface area contributed by atoms with E-state index in [9.17, 15) is 10.5 Å². The van der Waals surface area contributed by atoms with Crippen LogP contribution in [-0.4, -0.2) is 13.7 Å². The molecule has 0 radical (unpaired) electrons. The van der Waals surface area contributed by atoms with E-state index in [2.05, 4.69) is 141 Å². The second-order valence-electron chi connectivity index (χ2n) is 14.3. The summed E-state index contributed by atoms with van der Waals surface area (Å²) in [7, 11) is 0. The van der Waals surface area contributed by atoms with E-state index in [4.69, 9.17) is 4.42 Å². The molecule has 0 aliphatic rings. The number of para-hydroxylation sites is 5. The van der Waals surface area contributed by atoms with Crippen molar-refractivity contribution in [1.29, 1.82) is 10.5 Å². The van der Waals surface area contributed by atoms with Gasteiger partial charge in [-0.3, -0.25) is 0 Å². The van der Waals surface area contributed by atoms with Crippen LogP contribution in [0.3, 0.4) is 0 Å². The molecule has 0 N–H and O–H groups in total. The van der Waals surface area contributed by atoms with E-state index in [0.29, 0.717) is 22.5 Å². The van der Waals surface area contributed by atoms with Gasteiger partial charge >= 0.3 is 0 Å². The van der Waals surface area contributed by atoms with Crippen LogP contribution < -0.4 is 0 Å². The first-order chi connectivity index (χ1) is 27.7. The molecule has 0 saturated carbocycles. The summed E-state index contributed by atoms with van der Waals surface area (Å²) in [6, 6.07) is 61.1. The Hall–Kier alpha value is -8.06. The molecule has 0 fully saturated rings. The number of fused-ring (bicyclic) bond motifs is 13. The number of furan rings is 1. The van der Waals surface area contributed by atoms with Crippen molar-refractivity contribution in [3.63, 3.8) is 0 Å². The summed E-state index contributed by atoms with van der Waals surface area (Å²) in [4.78, 5) is 0. The Bertz CT molecular complexity index is 3690. The maximum Gasteiger partial charge on any atom is 0.145 e. The van der Waals surface area contributed by atoms with Gasteiger partial charge in [0.15, 0.2) is 0 Å². The first-order valence-corrected chi connectivity index (χ1v) is 18.6. The second-order valence-corrected chi connectivity index (χ2v) is 14.3. The molecule has 6 nitrogen and oxygen atoms in total. The largest absolute Gasteiger partial charge is 0.455 e. The zero-order valence-electron chi connectivity index (χ0n) is 29.7. The van der Waals surface area contributed by atoms with E-state index in [1.165, 1.54) is 10.8 Å². The third kappa shape index (κ3) is 3.97. The van der Waals surface area contributed by atoms with E-state index >= 15 is 0 Å². The summed E-state index contributed by atoms with van der Waals surface area (Å²) < 4.78 is 13.1. The van der Waals surface area contributed by atoms with Gasteiger partial charge in [0, 0.05) is 43.4 Å². The molecule has 0 amide bonds. The fraction of sp³-hybridized carbons (Fsp3) is 0. The van der Waals surface area contributed by atoms with Crippen LogP contribution in [0.25, 0.3) is 104 Å². The van der Waals surface area contributed by atoms with Crippen LogP contribution in [0, 0.1) is 22.7 Å². The number of aromatic nitrogens is 3. The molecule has 0 aliphatic heterocycles. The first kappa shape index (κ1) is 30.4. The van der Waals surface area contributed by atoms with Gasteiger partial charge < -0.3 is 18.1 Å². The number of rotatable bonds is 3. The Morgan fingerprint density at radius 2 is 0.893 bits per heavy atom. The van der Waals surface area contributed by atoms with Crippen molar-refractivity contribution < 1.29 is 4.42 Å². The maximum absolute atomic E-state index is 11.2. The van der Waals surface area contributed by atoms with Gasteiger partial charge in [0.05, 0.1) is 61.5 Å². The third-order valence-corrected chi connectivity index (χ3v) is 11.5. The van der Waals surface area contributed by atoms with Crippen LogP contribution in [0.1, 0.15) is 11.1 Å². The fourth-order valence-corrected chi connectivity index (χ4v) is 9.20. The van der Waals surface area contributed by atoms with Crippen molar-refractivity contribution in [1.82, 2.24) is 13.7 Å². The Balaban J connectivity index is 1.16. The van der Waals surface area contributed by atoms with Gasteiger partial charge in [-0.2, -0.15) is 10.5 Å². The molecule has 4 aromatic heterocycles. The summed E-state index contributed by atoms with van der Waals surface area (Å²) in [6.45, 7) is 0.